The molecule has 6 heteroatoms. The molecule has 20 heavy (non-hydrogen) atoms. The van der Waals surface area contributed by atoms with Crippen LogP contribution in [-0.2, 0) is 19.1 Å². The van der Waals surface area contributed by atoms with Crippen LogP contribution in [0.3, 0.4) is 0 Å². The van der Waals surface area contributed by atoms with Gasteiger partial charge in [-0.2, -0.15) is 13.2 Å². The highest BCUT2D eigenvalue weighted by molar-refractivity contribution is 5.85. The Bertz CT molecular complexity index is 492. The zero-order valence-electron chi connectivity index (χ0n) is 10.8. The Kier molecular flexibility index (Phi) is 6.07. The average molecular weight is 305 g/mol. The first-order valence-electron chi connectivity index (χ1n) is 6.17. The maximum Gasteiger partial charge on any atom is 0.416 e. The fourth-order valence-electron chi connectivity index (χ4n) is 1.90. The molecule has 2 nitrogen and oxygen atoms in total. The summed E-state index contributed by atoms with van der Waals surface area (Å²) in [6.45, 7) is 0.890. The fourth-order valence-corrected chi connectivity index (χ4v) is 1.90. The predicted molar refractivity (Wildman–Crippen MR) is 73.9 cm³/mol. The van der Waals surface area contributed by atoms with Crippen molar-refractivity contribution in [1.82, 2.24) is 9.55 Å². The zero-order valence-corrected chi connectivity index (χ0v) is 11.6. The molecule has 2 aromatic rings. The van der Waals surface area contributed by atoms with Gasteiger partial charge in [0.05, 0.1) is 11.9 Å². The topological polar surface area (TPSA) is 17.8 Å². The summed E-state index contributed by atoms with van der Waals surface area (Å²) in [6, 6.07) is 5.40. The van der Waals surface area contributed by atoms with Gasteiger partial charge in [0, 0.05) is 18.9 Å². The van der Waals surface area contributed by atoms with Crippen molar-refractivity contribution < 1.29 is 13.2 Å². The van der Waals surface area contributed by atoms with Gasteiger partial charge in [-0.15, -0.1) is 12.4 Å². The molecule has 0 aliphatic carbocycles. The first kappa shape index (κ1) is 16.6. The van der Waals surface area contributed by atoms with E-state index in [-0.39, 0.29) is 12.4 Å². The molecule has 0 unspecified atom stereocenters. The van der Waals surface area contributed by atoms with E-state index < -0.39 is 11.7 Å². The molecule has 0 aliphatic heterocycles. The summed E-state index contributed by atoms with van der Waals surface area (Å²) in [4.78, 5) is 3.95. The average Bonchev–Trinajstić information content (AvgIpc) is 2.87. The van der Waals surface area contributed by atoms with E-state index in [1.54, 1.807) is 24.7 Å². The third-order valence-corrected chi connectivity index (χ3v) is 2.97. The fraction of sp³-hybridized carbons (Fsp3) is 0.357. The van der Waals surface area contributed by atoms with Crippen molar-refractivity contribution in [2.75, 3.05) is 0 Å². The van der Waals surface area contributed by atoms with Crippen LogP contribution in [0.5, 0.6) is 0 Å². The normalized spacial score (nSPS) is 11.2. The minimum Gasteiger partial charge on any atom is -0.337 e. The molecule has 0 saturated carbocycles. The Labute approximate surface area is 122 Å². The van der Waals surface area contributed by atoms with Crippen LogP contribution >= 0.6 is 12.4 Å². The van der Waals surface area contributed by atoms with E-state index in [4.69, 9.17) is 0 Å². The summed E-state index contributed by atoms with van der Waals surface area (Å²) < 4.78 is 39.1. The number of halogens is 4. The van der Waals surface area contributed by atoms with Gasteiger partial charge in [0.1, 0.15) is 0 Å². The second-order valence-electron chi connectivity index (χ2n) is 4.45. The largest absolute Gasteiger partial charge is 0.416 e. The maximum atomic E-state index is 12.4. The van der Waals surface area contributed by atoms with Crippen molar-refractivity contribution in [2.24, 2.45) is 0 Å². The monoisotopic (exact) mass is 304 g/mol. The lowest BCUT2D eigenvalue weighted by atomic mass is 10.1. The number of unbranched alkanes of at least 4 members (excludes halogenated alkanes) is 1. The molecule has 0 amide bonds. The van der Waals surface area contributed by atoms with Gasteiger partial charge in [0.25, 0.3) is 0 Å². The van der Waals surface area contributed by atoms with Crippen LogP contribution in [-0.4, -0.2) is 9.55 Å². The van der Waals surface area contributed by atoms with E-state index >= 15 is 0 Å². The lowest BCUT2D eigenvalue weighted by molar-refractivity contribution is -0.137. The molecule has 0 bridgehead atoms. The Morgan fingerprint density at radius 1 is 1.05 bits per heavy atom. The zero-order chi connectivity index (χ0) is 13.7. The van der Waals surface area contributed by atoms with Crippen molar-refractivity contribution >= 4 is 12.4 Å². The molecule has 1 heterocycles. The molecule has 0 spiro atoms. The third-order valence-electron chi connectivity index (χ3n) is 2.97. The van der Waals surface area contributed by atoms with Crippen molar-refractivity contribution in [3.63, 3.8) is 0 Å². The van der Waals surface area contributed by atoms with Crippen LogP contribution in [0.2, 0.25) is 0 Å². The number of hydrogen-bond acceptors (Lipinski definition) is 1. The molecule has 110 valence electrons. The Morgan fingerprint density at radius 3 is 2.30 bits per heavy atom. The van der Waals surface area contributed by atoms with E-state index in [9.17, 15) is 13.2 Å². The highest BCUT2D eigenvalue weighted by Gasteiger charge is 2.29. The van der Waals surface area contributed by atoms with Gasteiger partial charge in [-0.3, -0.25) is 0 Å². The first-order valence-corrected chi connectivity index (χ1v) is 6.17. The molecule has 0 atom stereocenters. The van der Waals surface area contributed by atoms with Crippen LogP contribution in [0.15, 0.2) is 43.0 Å². The molecule has 0 N–H and O–H groups in total. The molecule has 1 aromatic carbocycles. The molecule has 2 rings (SSSR count). The number of hydrogen-bond donors (Lipinski definition) is 0. The summed E-state index contributed by atoms with van der Waals surface area (Å²) in [7, 11) is 0. The summed E-state index contributed by atoms with van der Waals surface area (Å²) in [5, 5.41) is 0. The van der Waals surface area contributed by atoms with Gasteiger partial charge in [-0.05, 0) is 37.0 Å². The highest BCUT2D eigenvalue weighted by Crippen LogP contribution is 2.29. The van der Waals surface area contributed by atoms with Gasteiger partial charge >= 0.3 is 6.18 Å². The van der Waals surface area contributed by atoms with Gasteiger partial charge < -0.3 is 4.57 Å². The van der Waals surface area contributed by atoms with Gasteiger partial charge in [-0.1, -0.05) is 12.1 Å². The van der Waals surface area contributed by atoms with Crippen molar-refractivity contribution in [3.8, 4) is 0 Å². The smallest absolute Gasteiger partial charge is 0.337 e. The molecule has 0 radical (unpaired) electrons. The molecular formula is C14H16ClF3N2. The van der Waals surface area contributed by atoms with Crippen LogP contribution in [0, 0.1) is 0 Å². The van der Waals surface area contributed by atoms with Crippen LogP contribution in [0.4, 0.5) is 13.2 Å². The maximum absolute atomic E-state index is 12.4. The second-order valence-corrected chi connectivity index (χ2v) is 4.45. The number of imidazole rings is 1. The Hall–Kier alpha value is -1.49. The van der Waals surface area contributed by atoms with E-state index in [2.05, 4.69) is 4.98 Å². The summed E-state index contributed by atoms with van der Waals surface area (Å²) >= 11 is 0. The standard InChI is InChI=1S/C14H15F3N2.ClH/c15-14(16,17)13-6-4-12(5-7-13)3-1-2-9-19-10-8-18-11-19;/h4-8,10-11H,1-3,9H2;1H. The number of aryl methyl sites for hydroxylation is 2. The van der Waals surface area contributed by atoms with Crippen molar-refractivity contribution in [2.45, 2.75) is 32.0 Å². The number of aromatic nitrogens is 2. The Balaban J connectivity index is 0.00000200. The molecule has 0 fully saturated rings. The van der Waals surface area contributed by atoms with Crippen LogP contribution in [0.1, 0.15) is 24.0 Å². The van der Waals surface area contributed by atoms with Crippen LogP contribution in [0.25, 0.3) is 0 Å². The van der Waals surface area contributed by atoms with E-state index in [1.165, 1.54) is 0 Å². The second kappa shape index (κ2) is 7.33. The minimum absolute atomic E-state index is 0. The quantitative estimate of drug-likeness (QED) is 0.751. The van der Waals surface area contributed by atoms with Crippen LogP contribution < -0.4 is 0 Å². The van der Waals surface area contributed by atoms with E-state index in [0.29, 0.717) is 0 Å². The number of benzene rings is 1. The number of rotatable bonds is 5. The number of alkyl halides is 3. The lowest BCUT2D eigenvalue weighted by Crippen LogP contribution is -2.04. The first-order chi connectivity index (χ1) is 9.05. The summed E-state index contributed by atoms with van der Waals surface area (Å²) in [6.07, 6.45) is 3.87. The summed E-state index contributed by atoms with van der Waals surface area (Å²) in [5.74, 6) is 0. The predicted octanol–water partition coefficient (Wildman–Crippen LogP) is 4.35. The highest BCUT2D eigenvalue weighted by atomic mass is 35.5. The molecule has 0 aliphatic rings. The van der Waals surface area contributed by atoms with Crippen molar-refractivity contribution in [3.05, 3.63) is 54.1 Å². The lowest BCUT2D eigenvalue weighted by Gasteiger charge is -2.07. The van der Waals surface area contributed by atoms with Gasteiger partial charge in [0.15, 0.2) is 0 Å². The van der Waals surface area contributed by atoms with E-state index in [1.807, 2.05) is 10.8 Å². The van der Waals surface area contributed by atoms with Gasteiger partial charge in [0.2, 0.25) is 0 Å². The Morgan fingerprint density at radius 2 is 1.75 bits per heavy atom. The molecule has 0 saturated heterocycles. The van der Waals surface area contributed by atoms with E-state index in [0.717, 1.165) is 43.5 Å². The SMILES string of the molecule is Cl.FC(F)(F)c1ccc(CCCCn2ccnc2)cc1. The van der Waals surface area contributed by atoms with Crippen molar-refractivity contribution in [1.29, 1.82) is 0 Å². The molecule has 1 aromatic heterocycles. The third kappa shape index (κ3) is 4.89. The number of nitrogens with zero attached hydrogens (tertiary/aromatic N) is 2. The van der Waals surface area contributed by atoms with Gasteiger partial charge in [-0.25, -0.2) is 4.98 Å². The summed E-state index contributed by atoms with van der Waals surface area (Å²) in [5.41, 5.74) is 0.355. The molecular weight excluding hydrogens is 289 g/mol. The minimum atomic E-state index is -4.25.